The van der Waals surface area contributed by atoms with Crippen LogP contribution in [0.1, 0.15) is 16.7 Å². The highest BCUT2D eigenvalue weighted by Gasteiger charge is 2.23. The lowest BCUT2D eigenvalue weighted by molar-refractivity contribution is -0.134. The van der Waals surface area contributed by atoms with E-state index in [-0.39, 0.29) is 5.91 Å². The summed E-state index contributed by atoms with van der Waals surface area (Å²) in [6, 6.07) is 11.8. The Balaban J connectivity index is 1.50. The van der Waals surface area contributed by atoms with Gasteiger partial charge in [-0.05, 0) is 48.9 Å². The summed E-state index contributed by atoms with van der Waals surface area (Å²) in [7, 11) is 5.26. The number of halogens is 1. The second-order valence-electron chi connectivity index (χ2n) is 8.05. The van der Waals surface area contributed by atoms with Crippen LogP contribution in [0.15, 0.2) is 36.4 Å². The molecule has 0 radical (unpaired) electrons. The summed E-state index contributed by atoms with van der Waals surface area (Å²) in [4.78, 5) is 19.1. The number of aryl methyl sites for hydroxylation is 1. The normalized spacial score (nSPS) is 14.7. The largest absolute Gasteiger partial charge is 0.493 e. The zero-order valence-electron chi connectivity index (χ0n) is 18.9. The number of likely N-dealkylation sites (N-methyl/N-ethyl adjacent to an activating group) is 1. The molecule has 0 atom stereocenters. The van der Waals surface area contributed by atoms with E-state index in [4.69, 9.17) is 21.1 Å². The summed E-state index contributed by atoms with van der Waals surface area (Å²) in [6.07, 6.45) is 0. The number of hydrogen-bond acceptors (Lipinski definition) is 5. The van der Waals surface area contributed by atoms with Crippen LogP contribution in [-0.4, -0.2) is 74.6 Å². The van der Waals surface area contributed by atoms with E-state index in [1.165, 1.54) is 11.1 Å². The minimum atomic E-state index is 0.163. The average Bonchev–Trinajstić information content (AvgIpc) is 2.76. The van der Waals surface area contributed by atoms with Crippen LogP contribution in [0.2, 0.25) is 5.02 Å². The van der Waals surface area contributed by atoms with E-state index in [1.807, 2.05) is 47.2 Å². The van der Waals surface area contributed by atoms with Gasteiger partial charge in [-0.1, -0.05) is 29.8 Å². The highest BCUT2D eigenvalue weighted by Crippen LogP contribution is 2.31. The number of piperazine rings is 1. The number of rotatable bonds is 8. The quantitative estimate of drug-likeness (QED) is 0.622. The molecule has 2 aromatic rings. The number of carbonyl (C=O) groups is 1. The lowest BCUT2D eigenvalue weighted by Crippen LogP contribution is -2.50. The summed E-state index contributed by atoms with van der Waals surface area (Å²) in [5.41, 5.74) is 3.43. The van der Waals surface area contributed by atoms with E-state index in [0.29, 0.717) is 13.1 Å². The fraction of sp³-hybridized carbons (Fsp3) is 0.458. The first-order chi connectivity index (χ1) is 14.9. The van der Waals surface area contributed by atoms with Crippen molar-refractivity contribution < 1.29 is 14.3 Å². The first kappa shape index (κ1) is 23.4. The van der Waals surface area contributed by atoms with Gasteiger partial charge in [0.2, 0.25) is 5.91 Å². The smallest absolute Gasteiger partial charge is 0.236 e. The van der Waals surface area contributed by atoms with Crippen LogP contribution in [0.25, 0.3) is 0 Å². The predicted molar refractivity (Wildman–Crippen MR) is 124 cm³/mol. The number of amides is 1. The first-order valence-corrected chi connectivity index (χ1v) is 10.9. The number of benzene rings is 2. The molecule has 0 spiro atoms. The Bertz CT molecular complexity index is 898. The van der Waals surface area contributed by atoms with Gasteiger partial charge in [0.25, 0.3) is 0 Å². The molecule has 0 aliphatic carbocycles. The second-order valence-corrected chi connectivity index (χ2v) is 8.46. The molecule has 1 heterocycles. The van der Waals surface area contributed by atoms with Crippen LogP contribution >= 0.6 is 11.6 Å². The third-order valence-electron chi connectivity index (χ3n) is 5.76. The zero-order valence-corrected chi connectivity index (χ0v) is 19.6. The molecule has 1 saturated heterocycles. The van der Waals surface area contributed by atoms with Crippen molar-refractivity contribution in [3.63, 3.8) is 0 Å². The van der Waals surface area contributed by atoms with Gasteiger partial charge in [0.15, 0.2) is 11.5 Å². The van der Waals surface area contributed by atoms with Gasteiger partial charge in [-0.15, -0.1) is 0 Å². The third-order valence-corrected chi connectivity index (χ3v) is 6.13. The maximum absolute atomic E-state index is 12.8. The Kier molecular flexibility index (Phi) is 8.18. The van der Waals surface area contributed by atoms with Gasteiger partial charge in [0.1, 0.15) is 0 Å². The van der Waals surface area contributed by atoms with Crippen molar-refractivity contribution >= 4 is 17.5 Å². The van der Waals surface area contributed by atoms with E-state index < -0.39 is 0 Å². The Morgan fingerprint density at radius 1 is 1.03 bits per heavy atom. The molecule has 1 amide bonds. The molecule has 7 heteroatoms. The minimum absolute atomic E-state index is 0.163. The topological polar surface area (TPSA) is 45.2 Å². The van der Waals surface area contributed by atoms with Gasteiger partial charge in [-0.3, -0.25) is 14.6 Å². The summed E-state index contributed by atoms with van der Waals surface area (Å²) >= 11 is 6.24. The van der Waals surface area contributed by atoms with E-state index in [2.05, 4.69) is 17.9 Å². The van der Waals surface area contributed by atoms with Crippen LogP contribution in [0.4, 0.5) is 0 Å². The standard InChI is InChI=1S/C24H32ClN3O3/c1-18-13-22(30-3)23(31-4)14-20(18)16-27-9-11-28(12-10-27)24(29)17-26(2)15-19-7-5-6-8-21(19)25/h5-8,13-14H,9-12,15-17H2,1-4H3. The molecule has 2 aromatic carbocycles. The number of hydrogen-bond donors (Lipinski definition) is 0. The Morgan fingerprint density at radius 2 is 1.68 bits per heavy atom. The Hall–Kier alpha value is -2.28. The highest BCUT2D eigenvalue weighted by molar-refractivity contribution is 6.31. The second kappa shape index (κ2) is 10.8. The van der Waals surface area contributed by atoms with Gasteiger partial charge in [-0.2, -0.15) is 0 Å². The fourth-order valence-electron chi connectivity index (χ4n) is 3.89. The van der Waals surface area contributed by atoms with Crippen LogP contribution in [0.3, 0.4) is 0 Å². The monoisotopic (exact) mass is 445 g/mol. The molecule has 1 aliphatic rings. The highest BCUT2D eigenvalue weighted by atomic mass is 35.5. The Labute approximate surface area is 190 Å². The van der Waals surface area contributed by atoms with Crippen molar-refractivity contribution in [3.05, 3.63) is 58.1 Å². The van der Waals surface area contributed by atoms with Crippen molar-refractivity contribution in [3.8, 4) is 11.5 Å². The van der Waals surface area contributed by atoms with Crippen LogP contribution < -0.4 is 9.47 Å². The molecule has 1 fully saturated rings. The number of nitrogens with zero attached hydrogens (tertiary/aromatic N) is 3. The lowest BCUT2D eigenvalue weighted by Gasteiger charge is -2.35. The summed E-state index contributed by atoms with van der Waals surface area (Å²) < 4.78 is 10.8. The lowest BCUT2D eigenvalue weighted by atomic mass is 10.1. The fourth-order valence-corrected chi connectivity index (χ4v) is 4.09. The molecule has 6 nitrogen and oxygen atoms in total. The molecule has 0 bridgehead atoms. The molecular weight excluding hydrogens is 414 g/mol. The zero-order chi connectivity index (χ0) is 22.4. The van der Waals surface area contributed by atoms with Crippen LogP contribution in [0.5, 0.6) is 11.5 Å². The molecule has 1 aliphatic heterocycles. The molecule has 0 aromatic heterocycles. The molecule has 31 heavy (non-hydrogen) atoms. The van der Waals surface area contributed by atoms with Gasteiger partial charge >= 0.3 is 0 Å². The average molecular weight is 446 g/mol. The van der Waals surface area contributed by atoms with Crippen LogP contribution in [-0.2, 0) is 17.9 Å². The predicted octanol–water partition coefficient (Wildman–Crippen LogP) is 3.44. The van der Waals surface area contributed by atoms with Crippen LogP contribution in [0, 0.1) is 6.92 Å². The first-order valence-electron chi connectivity index (χ1n) is 10.5. The van der Waals surface area contributed by atoms with Crippen molar-refractivity contribution in [1.29, 1.82) is 0 Å². The van der Waals surface area contributed by atoms with E-state index in [9.17, 15) is 4.79 Å². The maximum atomic E-state index is 12.8. The number of ether oxygens (including phenoxy) is 2. The van der Waals surface area contributed by atoms with E-state index in [0.717, 1.165) is 54.8 Å². The molecule has 0 N–H and O–H groups in total. The van der Waals surface area contributed by atoms with Crippen molar-refractivity contribution in [2.45, 2.75) is 20.0 Å². The summed E-state index contributed by atoms with van der Waals surface area (Å²) in [5.74, 6) is 1.66. The van der Waals surface area contributed by atoms with Gasteiger partial charge in [0.05, 0.1) is 20.8 Å². The van der Waals surface area contributed by atoms with Crippen molar-refractivity contribution in [2.75, 3.05) is 54.0 Å². The third kappa shape index (κ3) is 6.12. The maximum Gasteiger partial charge on any atom is 0.236 e. The SMILES string of the molecule is COc1cc(C)c(CN2CCN(C(=O)CN(C)Cc3ccccc3Cl)CC2)cc1OC. The summed E-state index contributed by atoms with van der Waals surface area (Å²) in [6.45, 7) is 7.16. The van der Waals surface area contributed by atoms with Gasteiger partial charge in [-0.25, -0.2) is 0 Å². The van der Waals surface area contributed by atoms with E-state index in [1.54, 1.807) is 14.2 Å². The molecule has 0 saturated carbocycles. The minimum Gasteiger partial charge on any atom is -0.493 e. The van der Waals surface area contributed by atoms with Crippen molar-refractivity contribution in [1.82, 2.24) is 14.7 Å². The van der Waals surface area contributed by atoms with Gasteiger partial charge in [0, 0.05) is 44.3 Å². The molecule has 0 unspecified atom stereocenters. The number of methoxy groups -OCH3 is 2. The van der Waals surface area contributed by atoms with Gasteiger partial charge < -0.3 is 14.4 Å². The van der Waals surface area contributed by atoms with E-state index >= 15 is 0 Å². The molecule has 168 valence electrons. The number of carbonyl (C=O) groups excluding carboxylic acids is 1. The summed E-state index contributed by atoms with van der Waals surface area (Å²) in [5, 5.41) is 0.737. The molecular formula is C24H32ClN3O3. The molecule has 3 rings (SSSR count). The van der Waals surface area contributed by atoms with Crippen molar-refractivity contribution in [2.24, 2.45) is 0 Å². The Morgan fingerprint density at radius 3 is 2.32 bits per heavy atom.